The van der Waals surface area contributed by atoms with Crippen LogP contribution >= 0.6 is 36.4 Å². The highest BCUT2D eigenvalue weighted by Gasteiger charge is 2.31. The molecular weight excluding hydrogens is 246 g/mol. The molecule has 0 radical (unpaired) electrons. The van der Waals surface area contributed by atoms with Gasteiger partial charge in [-0.2, -0.15) is 11.1 Å². The summed E-state index contributed by atoms with van der Waals surface area (Å²) in [6.45, 7) is 13.4. The second-order valence-electron chi connectivity index (χ2n) is 4.38. The minimum absolute atomic E-state index is 0.545. The van der Waals surface area contributed by atoms with E-state index in [4.69, 9.17) is 0 Å². The monoisotopic (exact) mass is 267 g/mol. The Labute approximate surface area is 107 Å². The summed E-state index contributed by atoms with van der Waals surface area (Å²) in [6, 6.07) is 1.63. The molecule has 0 amide bonds. The topological polar surface area (TPSA) is 9.72 Å². The highest BCUT2D eigenvalue weighted by atomic mass is 32.3. The van der Waals surface area contributed by atoms with E-state index < -0.39 is 0 Å². The molecular formula is C9H21N3S3. The van der Waals surface area contributed by atoms with Crippen LogP contribution in [0.15, 0.2) is 0 Å². The molecule has 0 unspecified atom stereocenters. The predicted octanol–water partition coefficient (Wildman–Crippen LogP) is 3.82. The zero-order valence-electron chi connectivity index (χ0n) is 10.3. The highest BCUT2D eigenvalue weighted by Crippen LogP contribution is 2.46. The number of nitrogens with zero attached hydrogens (tertiary/aromatic N) is 3. The zero-order valence-corrected chi connectivity index (χ0v) is 12.7. The van der Waals surface area contributed by atoms with Crippen molar-refractivity contribution in [2.45, 2.75) is 59.7 Å². The lowest BCUT2D eigenvalue weighted by Crippen LogP contribution is -2.37. The third-order valence-corrected chi connectivity index (χ3v) is 6.44. The van der Waals surface area contributed by atoms with Crippen molar-refractivity contribution in [3.05, 3.63) is 0 Å². The molecule has 1 fully saturated rings. The molecule has 0 aromatic heterocycles. The maximum absolute atomic E-state index is 2.34. The van der Waals surface area contributed by atoms with Gasteiger partial charge in [0.2, 0.25) is 0 Å². The van der Waals surface area contributed by atoms with Gasteiger partial charge < -0.3 is 0 Å². The largest absolute Gasteiger partial charge is 0.163 e. The van der Waals surface area contributed by atoms with Crippen molar-refractivity contribution in [3.8, 4) is 0 Å². The fourth-order valence-electron chi connectivity index (χ4n) is 0.848. The van der Waals surface area contributed by atoms with Crippen LogP contribution in [0.3, 0.4) is 0 Å². The van der Waals surface area contributed by atoms with Crippen LogP contribution in [0.2, 0.25) is 0 Å². The molecule has 15 heavy (non-hydrogen) atoms. The molecule has 1 aliphatic rings. The smallest absolute Gasteiger partial charge is 0.0338 e. The standard InChI is InChI=1S/C9H21N3S3/c1-7(2)10-13-11(8(3)4)15-12(14-10)9(5)6/h7-9H,1-6H3. The van der Waals surface area contributed by atoms with Crippen LogP contribution < -0.4 is 0 Å². The fourth-order valence-corrected chi connectivity index (χ4v) is 4.49. The second kappa shape index (κ2) is 6.02. The average molecular weight is 267 g/mol. The van der Waals surface area contributed by atoms with Crippen LogP contribution in [0, 0.1) is 0 Å². The Kier molecular flexibility index (Phi) is 5.62. The first-order chi connectivity index (χ1) is 6.91. The van der Waals surface area contributed by atoms with E-state index in [2.05, 4.69) is 52.7 Å². The summed E-state index contributed by atoms with van der Waals surface area (Å²) >= 11 is 5.46. The van der Waals surface area contributed by atoms with Crippen LogP contribution in [0.5, 0.6) is 0 Å². The van der Waals surface area contributed by atoms with Gasteiger partial charge in [-0.3, -0.25) is 0 Å². The summed E-state index contributed by atoms with van der Waals surface area (Å²) in [5.74, 6) is 0. The number of hydrogen-bond acceptors (Lipinski definition) is 6. The van der Waals surface area contributed by atoms with Gasteiger partial charge in [-0.1, -0.05) is 0 Å². The Bertz CT molecular complexity index is 160. The van der Waals surface area contributed by atoms with Gasteiger partial charge in [-0.25, -0.2) is 0 Å². The van der Waals surface area contributed by atoms with Gasteiger partial charge in [-0.05, 0) is 41.5 Å². The minimum atomic E-state index is 0.545. The van der Waals surface area contributed by atoms with Gasteiger partial charge in [0.15, 0.2) is 0 Å². The molecule has 0 aromatic carbocycles. The molecule has 0 N–H and O–H groups in total. The SMILES string of the molecule is CC(C)N1SN(C(C)C)SN(C(C)C)S1. The van der Waals surface area contributed by atoms with Gasteiger partial charge in [0.1, 0.15) is 0 Å². The van der Waals surface area contributed by atoms with Crippen molar-refractivity contribution >= 4 is 36.4 Å². The van der Waals surface area contributed by atoms with Crippen molar-refractivity contribution in [1.82, 2.24) is 11.1 Å². The third-order valence-electron chi connectivity index (χ3n) is 1.75. The van der Waals surface area contributed by atoms with E-state index in [1.165, 1.54) is 0 Å². The van der Waals surface area contributed by atoms with Crippen LogP contribution in [-0.4, -0.2) is 29.3 Å². The average Bonchev–Trinajstić information content (AvgIpc) is 2.16. The Hall–Kier alpha value is 0.930. The van der Waals surface area contributed by atoms with E-state index >= 15 is 0 Å². The summed E-state index contributed by atoms with van der Waals surface area (Å²) in [7, 11) is 0. The van der Waals surface area contributed by atoms with Crippen LogP contribution in [0.1, 0.15) is 41.5 Å². The molecule has 0 spiro atoms. The van der Waals surface area contributed by atoms with Gasteiger partial charge in [0, 0.05) is 54.5 Å². The van der Waals surface area contributed by atoms with E-state index in [1.54, 1.807) is 0 Å². The lowest BCUT2D eigenvalue weighted by atomic mass is 10.4. The quantitative estimate of drug-likeness (QED) is 0.714. The molecule has 1 rings (SSSR count). The van der Waals surface area contributed by atoms with Gasteiger partial charge >= 0.3 is 0 Å². The highest BCUT2D eigenvalue weighted by molar-refractivity contribution is 8.24. The van der Waals surface area contributed by atoms with Crippen molar-refractivity contribution in [3.63, 3.8) is 0 Å². The molecule has 1 heterocycles. The zero-order chi connectivity index (χ0) is 11.6. The molecule has 0 aliphatic carbocycles. The minimum Gasteiger partial charge on any atom is -0.163 e. The van der Waals surface area contributed by atoms with E-state index in [-0.39, 0.29) is 0 Å². The number of rotatable bonds is 3. The molecule has 90 valence electrons. The molecule has 0 bridgehead atoms. The van der Waals surface area contributed by atoms with Gasteiger partial charge in [0.05, 0.1) is 0 Å². The van der Waals surface area contributed by atoms with Crippen molar-refractivity contribution in [1.29, 1.82) is 0 Å². The first-order valence-electron chi connectivity index (χ1n) is 5.33. The molecule has 0 saturated carbocycles. The molecule has 0 atom stereocenters. The molecule has 1 aliphatic heterocycles. The third kappa shape index (κ3) is 4.02. The van der Waals surface area contributed by atoms with Gasteiger partial charge in [-0.15, -0.1) is 0 Å². The fraction of sp³-hybridized carbons (Fsp3) is 1.00. The Morgan fingerprint density at radius 2 is 0.733 bits per heavy atom. The summed E-state index contributed by atoms with van der Waals surface area (Å²) in [4.78, 5) is 0. The Balaban J connectivity index is 2.64. The first kappa shape index (κ1) is 14.0. The number of hydrogen-bond donors (Lipinski definition) is 0. The van der Waals surface area contributed by atoms with Crippen LogP contribution in [0.25, 0.3) is 0 Å². The maximum atomic E-state index is 2.34. The van der Waals surface area contributed by atoms with E-state index in [1.807, 2.05) is 36.4 Å². The van der Waals surface area contributed by atoms with Crippen molar-refractivity contribution in [2.75, 3.05) is 0 Å². The lowest BCUT2D eigenvalue weighted by Gasteiger charge is -2.42. The van der Waals surface area contributed by atoms with E-state index in [9.17, 15) is 0 Å². The summed E-state index contributed by atoms with van der Waals surface area (Å²) in [5.41, 5.74) is 0. The molecule has 1 saturated heterocycles. The van der Waals surface area contributed by atoms with E-state index in [0.717, 1.165) is 0 Å². The van der Waals surface area contributed by atoms with E-state index in [0.29, 0.717) is 18.1 Å². The first-order valence-corrected chi connectivity index (χ1v) is 7.53. The predicted molar refractivity (Wildman–Crippen MR) is 73.7 cm³/mol. The summed E-state index contributed by atoms with van der Waals surface area (Å²) < 4.78 is 7.03. The molecule has 6 heteroatoms. The van der Waals surface area contributed by atoms with Crippen molar-refractivity contribution in [2.24, 2.45) is 0 Å². The van der Waals surface area contributed by atoms with Crippen LogP contribution in [0.4, 0.5) is 0 Å². The normalized spacial score (nSPS) is 22.2. The Morgan fingerprint density at radius 1 is 0.533 bits per heavy atom. The Morgan fingerprint density at radius 3 is 0.867 bits per heavy atom. The van der Waals surface area contributed by atoms with Crippen molar-refractivity contribution < 1.29 is 0 Å². The van der Waals surface area contributed by atoms with Crippen LogP contribution in [-0.2, 0) is 0 Å². The van der Waals surface area contributed by atoms with Gasteiger partial charge in [0.25, 0.3) is 0 Å². The summed E-state index contributed by atoms with van der Waals surface area (Å²) in [6.07, 6.45) is 0. The lowest BCUT2D eigenvalue weighted by molar-refractivity contribution is 0.484. The summed E-state index contributed by atoms with van der Waals surface area (Å²) in [5, 5.41) is 0. The maximum Gasteiger partial charge on any atom is 0.0338 e. The molecule has 3 nitrogen and oxygen atoms in total. The second-order valence-corrected chi connectivity index (χ2v) is 7.93. The molecule has 0 aromatic rings.